The third kappa shape index (κ3) is 5.19. The second kappa shape index (κ2) is 8.33. The molecule has 0 spiro atoms. The van der Waals surface area contributed by atoms with Gasteiger partial charge in [0.05, 0.1) is 0 Å². The van der Waals surface area contributed by atoms with Gasteiger partial charge in [-0.05, 0) is 54.5 Å². The molecule has 128 valence electrons. The molecular weight excluding hydrogens is 374 g/mol. The van der Waals surface area contributed by atoms with Gasteiger partial charge >= 0.3 is 0 Å². The Bertz CT molecular complexity index is 863. The summed E-state index contributed by atoms with van der Waals surface area (Å²) in [6.07, 6.45) is 1.59. The monoisotopic (exact) mass is 389 g/mol. The summed E-state index contributed by atoms with van der Waals surface area (Å²) in [6.45, 7) is 2.03. The fourth-order valence-electron chi connectivity index (χ4n) is 2.12. The summed E-state index contributed by atoms with van der Waals surface area (Å²) in [5.41, 5.74) is 6.33. The smallest absolute Gasteiger partial charge is 0.210 e. The van der Waals surface area contributed by atoms with E-state index in [-0.39, 0.29) is 0 Å². The summed E-state index contributed by atoms with van der Waals surface area (Å²) in [5.74, 6) is 0.760. The summed E-state index contributed by atoms with van der Waals surface area (Å²) < 4.78 is 1.70. The van der Waals surface area contributed by atoms with Gasteiger partial charge in [0.25, 0.3) is 0 Å². The van der Waals surface area contributed by atoms with Gasteiger partial charge < -0.3 is 5.32 Å². The number of aromatic nitrogens is 3. The van der Waals surface area contributed by atoms with Gasteiger partial charge in [0.15, 0.2) is 5.11 Å². The number of rotatable bonds is 5. The van der Waals surface area contributed by atoms with Crippen LogP contribution in [0.3, 0.4) is 0 Å². The van der Waals surface area contributed by atoms with Crippen LogP contribution in [0.15, 0.2) is 60.0 Å². The Labute approximate surface area is 160 Å². The number of thioether (sulfide) groups is 1. The van der Waals surface area contributed by atoms with Crippen molar-refractivity contribution in [3.8, 4) is 0 Å². The van der Waals surface area contributed by atoms with Crippen LogP contribution in [0.25, 0.3) is 0 Å². The van der Waals surface area contributed by atoms with E-state index in [2.05, 4.69) is 20.9 Å². The maximum absolute atomic E-state index is 5.91. The molecule has 0 aliphatic carbocycles. The van der Waals surface area contributed by atoms with Gasteiger partial charge in [0, 0.05) is 16.5 Å². The first-order valence-corrected chi connectivity index (χ1v) is 9.29. The Balaban J connectivity index is 1.59. The molecule has 1 heterocycles. The number of hydrogen-bond donors (Lipinski definition) is 2. The minimum absolute atomic E-state index is 0.471. The van der Waals surface area contributed by atoms with Crippen LogP contribution >= 0.6 is 35.6 Å². The maximum atomic E-state index is 5.91. The molecular formula is C17H16ClN5S2. The molecule has 8 heteroatoms. The summed E-state index contributed by atoms with van der Waals surface area (Å²) in [6, 6.07) is 15.7. The Morgan fingerprint density at radius 3 is 2.80 bits per heavy atom. The molecule has 0 atom stereocenters. The van der Waals surface area contributed by atoms with E-state index in [0.717, 1.165) is 32.7 Å². The largest absolute Gasteiger partial charge is 0.331 e. The predicted molar refractivity (Wildman–Crippen MR) is 108 cm³/mol. The first-order valence-electron chi connectivity index (χ1n) is 7.52. The van der Waals surface area contributed by atoms with Gasteiger partial charge in [-0.2, -0.15) is 0 Å². The Hall–Kier alpha value is -2.09. The van der Waals surface area contributed by atoms with E-state index in [0.29, 0.717) is 5.11 Å². The predicted octanol–water partition coefficient (Wildman–Crippen LogP) is 4.47. The molecule has 0 saturated carbocycles. The number of hydrogen-bond acceptors (Lipinski definition) is 4. The zero-order valence-electron chi connectivity index (χ0n) is 13.4. The zero-order valence-corrected chi connectivity index (χ0v) is 15.8. The highest BCUT2D eigenvalue weighted by atomic mass is 35.5. The number of nitrogens with zero attached hydrogens (tertiary/aromatic N) is 3. The van der Waals surface area contributed by atoms with Gasteiger partial charge in [-0.1, -0.05) is 47.6 Å². The number of thiocarbonyl (C=S) groups is 1. The van der Waals surface area contributed by atoms with Crippen molar-refractivity contribution in [3.63, 3.8) is 0 Å². The molecule has 2 aromatic carbocycles. The minimum Gasteiger partial charge on any atom is -0.331 e. The molecule has 0 aliphatic rings. The number of nitrogens with one attached hydrogen (secondary N) is 2. The highest BCUT2D eigenvalue weighted by Crippen LogP contribution is 2.21. The lowest BCUT2D eigenvalue weighted by atomic mass is 10.2. The van der Waals surface area contributed by atoms with E-state index < -0.39 is 0 Å². The summed E-state index contributed by atoms with van der Waals surface area (Å²) in [5, 5.41) is 13.1. The SMILES string of the molecule is Cc1cccc(NC(=S)Nn2cnnc2SCc2ccc(Cl)cc2)c1. The standard InChI is InChI=1S/C17H16ClN5S2/c1-12-3-2-4-15(9-12)20-16(24)22-23-11-19-21-17(23)25-10-13-5-7-14(18)8-6-13/h2-9,11H,10H2,1H3,(H2,20,22,24). The average Bonchev–Trinajstić information content (AvgIpc) is 3.01. The molecule has 2 N–H and O–H groups in total. The van der Waals surface area contributed by atoms with Crippen molar-refractivity contribution in [2.24, 2.45) is 0 Å². The van der Waals surface area contributed by atoms with Crippen molar-refractivity contribution >= 4 is 46.4 Å². The van der Waals surface area contributed by atoms with E-state index in [9.17, 15) is 0 Å². The minimum atomic E-state index is 0.471. The van der Waals surface area contributed by atoms with Crippen LogP contribution in [0.1, 0.15) is 11.1 Å². The first kappa shape index (κ1) is 17.7. The van der Waals surface area contributed by atoms with E-state index >= 15 is 0 Å². The van der Waals surface area contributed by atoms with Crippen LogP contribution in [0.5, 0.6) is 0 Å². The second-order valence-electron chi connectivity index (χ2n) is 5.33. The molecule has 5 nitrogen and oxygen atoms in total. The first-order chi connectivity index (χ1) is 12.1. The lowest BCUT2D eigenvalue weighted by Crippen LogP contribution is -2.27. The second-order valence-corrected chi connectivity index (χ2v) is 7.12. The van der Waals surface area contributed by atoms with Crippen LogP contribution in [-0.4, -0.2) is 20.0 Å². The molecule has 0 radical (unpaired) electrons. The maximum Gasteiger partial charge on any atom is 0.210 e. The number of aryl methyl sites for hydroxylation is 1. The highest BCUT2D eigenvalue weighted by Gasteiger charge is 2.07. The molecule has 0 bridgehead atoms. The molecule has 0 unspecified atom stereocenters. The van der Waals surface area contributed by atoms with Gasteiger partial charge in [-0.25, -0.2) is 4.68 Å². The average molecular weight is 390 g/mol. The van der Waals surface area contributed by atoms with E-state index in [1.54, 1.807) is 22.8 Å². The summed E-state index contributed by atoms with van der Waals surface area (Å²) in [4.78, 5) is 0. The van der Waals surface area contributed by atoms with E-state index in [1.165, 1.54) is 0 Å². The van der Waals surface area contributed by atoms with Gasteiger partial charge in [0.1, 0.15) is 6.33 Å². The fraction of sp³-hybridized carbons (Fsp3) is 0.118. The molecule has 25 heavy (non-hydrogen) atoms. The number of halogens is 1. The van der Waals surface area contributed by atoms with Crippen LogP contribution < -0.4 is 10.7 Å². The lowest BCUT2D eigenvalue weighted by molar-refractivity contribution is 0.833. The van der Waals surface area contributed by atoms with Gasteiger partial charge in [-0.3, -0.25) is 5.43 Å². The molecule has 0 aliphatic heterocycles. The lowest BCUT2D eigenvalue weighted by Gasteiger charge is -2.12. The van der Waals surface area contributed by atoms with Crippen molar-refractivity contribution in [2.45, 2.75) is 17.8 Å². The van der Waals surface area contributed by atoms with Crippen LogP contribution in [0.2, 0.25) is 5.02 Å². The number of benzene rings is 2. The normalized spacial score (nSPS) is 10.5. The van der Waals surface area contributed by atoms with Crippen molar-refractivity contribution in [2.75, 3.05) is 10.7 Å². The van der Waals surface area contributed by atoms with Crippen LogP contribution in [0, 0.1) is 6.92 Å². The molecule has 0 fully saturated rings. The molecule has 0 saturated heterocycles. The number of anilines is 1. The van der Waals surface area contributed by atoms with Crippen LogP contribution in [-0.2, 0) is 5.75 Å². The molecule has 1 aromatic heterocycles. The Kier molecular flexibility index (Phi) is 5.91. The summed E-state index contributed by atoms with van der Waals surface area (Å²) >= 11 is 12.8. The molecule has 0 amide bonds. The quantitative estimate of drug-likeness (QED) is 0.496. The van der Waals surface area contributed by atoms with Crippen molar-refractivity contribution in [1.82, 2.24) is 14.9 Å². The van der Waals surface area contributed by atoms with Gasteiger partial charge in [0.2, 0.25) is 5.16 Å². The highest BCUT2D eigenvalue weighted by molar-refractivity contribution is 7.98. The Morgan fingerprint density at radius 1 is 1.24 bits per heavy atom. The third-order valence-electron chi connectivity index (χ3n) is 3.30. The molecule has 3 aromatic rings. The fourth-order valence-corrected chi connectivity index (χ4v) is 3.29. The van der Waals surface area contributed by atoms with E-state index in [4.69, 9.17) is 23.8 Å². The summed E-state index contributed by atoms with van der Waals surface area (Å²) in [7, 11) is 0. The van der Waals surface area contributed by atoms with Crippen molar-refractivity contribution in [3.05, 3.63) is 71.0 Å². The van der Waals surface area contributed by atoms with Crippen molar-refractivity contribution in [1.29, 1.82) is 0 Å². The van der Waals surface area contributed by atoms with Gasteiger partial charge in [-0.15, -0.1) is 10.2 Å². The Morgan fingerprint density at radius 2 is 2.04 bits per heavy atom. The van der Waals surface area contributed by atoms with E-state index in [1.807, 2.05) is 55.5 Å². The van der Waals surface area contributed by atoms with Crippen molar-refractivity contribution < 1.29 is 0 Å². The topological polar surface area (TPSA) is 54.8 Å². The third-order valence-corrected chi connectivity index (χ3v) is 4.76. The molecule has 3 rings (SSSR count). The zero-order chi connectivity index (χ0) is 17.6. The van der Waals surface area contributed by atoms with Crippen LogP contribution in [0.4, 0.5) is 5.69 Å².